The lowest BCUT2D eigenvalue weighted by atomic mass is 10.1. The Hall–Kier alpha value is -1.62. The molecular weight excluding hydrogens is 308 g/mol. The summed E-state index contributed by atoms with van der Waals surface area (Å²) in [6.07, 6.45) is 0. The molecule has 1 aromatic heterocycles. The summed E-state index contributed by atoms with van der Waals surface area (Å²) < 4.78 is 0. The molecule has 0 aliphatic rings. The van der Waals surface area contributed by atoms with Crippen molar-refractivity contribution in [2.75, 3.05) is 5.75 Å². The van der Waals surface area contributed by atoms with E-state index in [2.05, 4.69) is 48.7 Å². The van der Waals surface area contributed by atoms with E-state index in [1.807, 2.05) is 23.9 Å². The number of nitrogens with two attached hydrogens (primary N) is 1. The van der Waals surface area contributed by atoms with E-state index in [4.69, 9.17) is 10.7 Å². The number of thiazole rings is 1. The number of nitrogens with zero attached hydrogens (tertiary/aromatic N) is 1. The second kappa shape index (κ2) is 7.09. The molecule has 112 valence electrons. The van der Waals surface area contributed by atoms with Crippen LogP contribution in [-0.4, -0.2) is 10.7 Å². The lowest BCUT2D eigenvalue weighted by molar-refractivity contribution is 1.07. The normalized spacial score (nSPS) is 10.8. The average Bonchev–Trinajstić information content (AvgIpc) is 3.06. The summed E-state index contributed by atoms with van der Waals surface area (Å²) in [7, 11) is 0. The van der Waals surface area contributed by atoms with Gasteiger partial charge in [-0.25, -0.2) is 4.98 Å². The Kier molecular flexibility index (Phi) is 4.93. The van der Waals surface area contributed by atoms with Crippen LogP contribution in [0, 0.1) is 0 Å². The maximum absolute atomic E-state index is 5.71. The molecule has 2 aromatic carbocycles. The molecule has 1 heterocycles. The van der Waals surface area contributed by atoms with Crippen molar-refractivity contribution >= 4 is 23.1 Å². The standard InChI is InChI=1S/C18H18N2S2/c1-2-21-16-8-6-14(7-9-16)17-12-22-18(20-17)15-5-3-4-13(10-15)11-19/h3-10,12H,2,11,19H2,1H3. The molecule has 0 saturated heterocycles. The SMILES string of the molecule is CCSc1ccc(-c2csc(-c3cccc(CN)c3)n2)cc1. The van der Waals surface area contributed by atoms with Crippen LogP contribution < -0.4 is 5.73 Å². The van der Waals surface area contributed by atoms with Gasteiger partial charge in [0, 0.05) is 27.9 Å². The molecule has 0 amide bonds. The van der Waals surface area contributed by atoms with Crippen LogP contribution in [0.25, 0.3) is 21.8 Å². The van der Waals surface area contributed by atoms with Crippen LogP contribution in [0.3, 0.4) is 0 Å². The number of benzene rings is 2. The molecule has 2 nitrogen and oxygen atoms in total. The highest BCUT2D eigenvalue weighted by molar-refractivity contribution is 7.99. The fourth-order valence-corrected chi connectivity index (χ4v) is 3.75. The Morgan fingerprint density at radius 2 is 1.91 bits per heavy atom. The molecule has 3 aromatic rings. The van der Waals surface area contributed by atoms with Gasteiger partial charge in [-0.15, -0.1) is 23.1 Å². The Balaban J connectivity index is 1.86. The predicted octanol–water partition coefficient (Wildman–Crippen LogP) is 5.05. The van der Waals surface area contributed by atoms with Crippen molar-refractivity contribution in [3.8, 4) is 21.8 Å². The van der Waals surface area contributed by atoms with E-state index in [9.17, 15) is 0 Å². The zero-order valence-corrected chi connectivity index (χ0v) is 14.1. The second-order valence-electron chi connectivity index (χ2n) is 4.90. The highest BCUT2D eigenvalue weighted by Gasteiger charge is 2.07. The van der Waals surface area contributed by atoms with E-state index >= 15 is 0 Å². The van der Waals surface area contributed by atoms with Crippen molar-refractivity contribution < 1.29 is 0 Å². The minimum atomic E-state index is 0.558. The predicted molar refractivity (Wildman–Crippen MR) is 97.3 cm³/mol. The third-order valence-electron chi connectivity index (χ3n) is 3.37. The lowest BCUT2D eigenvalue weighted by Gasteiger charge is -2.01. The van der Waals surface area contributed by atoms with Crippen LogP contribution in [0.4, 0.5) is 0 Å². The highest BCUT2D eigenvalue weighted by Crippen LogP contribution is 2.30. The van der Waals surface area contributed by atoms with Gasteiger partial charge in [0.05, 0.1) is 5.69 Å². The monoisotopic (exact) mass is 326 g/mol. The molecule has 0 saturated carbocycles. The van der Waals surface area contributed by atoms with E-state index < -0.39 is 0 Å². The third-order valence-corrected chi connectivity index (χ3v) is 5.16. The molecular formula is C18H18N2S2. The van der Waals surface area contributed by atoms with Gasteiger partial charge in [0.1, 0.15) is 5.01 Å². The number of thioether (sulfide) groups is 1. The maximum Gasteiger partial charge on any atom is 0.124 e. The molecule has 0 radical (unpaired) electrons. The zero-order valence-electron chi connectivity index (χ0n) is 12.5. The van der Waals surface area contributed by atoms with Crippen LogP contribution in [-0.2, 0) is 6.54 Å². The van der Waals surface area contributed by atoms with E-state index in [0.717, 1.165) is 33.1 Å². The van der Waals surface area contributed by atoms with Gasteiger partial charge >= 0.3 is 0 Å². The summed E-state index contributed by atoms with van der Waals surface area (Å²) in [6, 6.07) is 16.9. The van der Waals surface area contributed by atoms with Gasteiger partial charge < -0.3 is 5.73 Å². The molecule has 0 aliphatic carbocycles. The van der Waals surface area contributed by atoms with Crippen molar-refractivity contribution in [3.05, 3.63) is 59.5 Å². The Morgan fingerprint density at radius 3 is 2.64 bits per heavy atom. The molecule has 0 atom stereocenters. The summed E-state index contributed by atoms with van der Waals surface area (Å²) in [5.41, 5.74) is 10.2. The van der Waals surface area contributed by atoms with Crippen LogP contribution in [0.15, 0.2) is 58.8 Å². The van der Waals surface area contributed by atoms with Crippen molar-refractivity contribution in [1.29, 1.82) is 0 Å². The Morgan fingerprint density at radius 1 is 1.09 bits per heavy atom. The fourth-order valence-electron chi connectivity index (χ4n) is 2.26. The first-order chi connectivity index (χ1) is 10.8. The Labute approximate surface area is 139 Å². The molecule has 3 rings (SSSR count). The number of hydrogen-bond donors (Lipinski definition) is 1. The Bertz CT molecular complexity index is 748. The highest BCUT2D eigenvalue weighted by atomic mass is 32.2. The molecule has 0 bridgehead atoms. The minimum absolute atomic E-state index is 0.558. The lowest BCUT2D eigenvalue weighted by Crippen LogP contribution is -1.95. The van der Waals surface area contributed by atoms with E-state index in [1.54, 1.807) is 11.3 Å². The molecule has 0 spiro atoms. The second-order valence-corrected chi connectivity index (χ2v) is 7.10. The van der Waals surface area contributed by atoms with E-state index in [-0.39, 0.29) is 0 Å². The first kappa shape index (κ1) is 15.3. The first-order valence-electron chi connectivity index (χ1n) is 7.28. The summed E-state index contributed by atoms with van der Waals surface area (Å²) in [5.74, 6) is 1.09. The number of aromatic nitrogens is 1. The molecule has 0 aliphatic heterocycles. The smallest absolute Gasteiger partial charge is 0.124 e. The number of rotatable bonds is 5. The van der Waals surface area contributed by atoms with Gasteiger partial charge in [-0.2, -0.15) is 0 Å². The molecule has 4 heteroatoms. The van der Waals surface area contributed by atoms with E-state index in [0.29, 0.717) is 6.54 Å². The average molecular weight is 326 g/mol. The quantitative estimate of drug-likeness (QED) is 0.667. The molecule has 0 unspecified atom stereocenters. The topological polar surface area (TPSA) is 38.9 Å². The van der Waals surface area contributed by atoms with Gasteiger partial charge in [-0.3, -0.25) is 0 Å². The molecule has 2 N–H and O–H groups in total. The third kappa shape index (κ3) is 3.40. The molecule has 0 fully saturated rings. The largest absolute Gasteiger partial charge is 0.326 e. The van der Waals surface area contributed by atoms with Crippen LogP contribution >= 0.6 is 23.1 Å². The van der Waals surface area contributed by atoms with Crippen molar-refractivity contribution in [2.24, 2.45) is 5.73 Å². The summed E-state index contributed by atoms with van der Waals surface area (Å²) in [4.78, 5) is 6.08. The fraction of sp³-hybridized carbons (Fsp3) is 0.167. The van der Waals surface area contributed by atoms with Crippen molar-refractivity contribution in [1.82, 2.24) is 4.98 Å². The summed E-state index contributed by atoms with van der Waals surface area (Å²) in [5, 5.41) is 3.16. The zero-order chi connectivity index (χ0) is 15.4. The summed E-state index contributed by atoms with van der Waals surface area (Å²) >= 11 is 3.53. The van der Waals surface area contributed by atoms with Crippen molar-refractivity contribution in [2.45, 2.75) is 18.4 Å². The number of hydrogen-bond acceptors (Lipinski definition) is 4. The first-order valence-corrected chi connectivity index (χ1v) is 9.15. The van der Waals surface area contributed by atoms with E-state index in [1.165, 1.54) is 4.90 Å². The van der Waals surface area contributed by atoms with Gasteiger partial charge in [0.2, 0.25) is 0 Å². The van der Waals surface area contributed by atoms with Gasteiger partial charge in [-0.05, 0) is 29.5 Å². The van der Waals surface area contributed by atoms with Gasteiger partial charge in [-0.1, -0.05) is 37.3 Å². The maximum atomic E-state index is 5.71. The van der Waals surface area contributed by atoms with Crippen LogP contribution in [0.5, 0.6) is 0 Å². The summed E-state index contributed by atoms with van der Waals surface area (Å²) in [6.45, 7) is 2.73. The van der Waals surface area contributed by atoms with Crippen molar-refractivity contribution in [3.63, 3.8) is 0 Å². The van der Waals surface area contributed by atoms with Gasteiger partial charge in [0.25, 0.3) is 0 Å². The minimum Gasteiger partial charge on any atom is -0.326 e. The molecule has 22 heavy (non-hydrogen) atoms. The van der Waals surface area contributed by atoms with Gasteiger partial charge in [0.15, 0.2) is 0 Å². The van der Waals surface area contributed by atoms with Crippen LogP contribution in [0.1, 0.15) is 12.5 Å². The van der Waals surface area contributed by atoms with Crippen LogP contribution in [0.2, 0.25) is 0 Å².